The topological polar surface area (TPSA) is 52.6 Å². The fourth-order valence-electron chi connectivity index (χ4n) is 3.00. The molecule has 2 aliphatic rings. The number of carbonyl (C=O) groups is 2. The molecule has 2 aliphatic carbocycles. The monoisotopic (exact) mass is 330 g/mol. The van der Waals surface area contributed by atoms with Crippen molar-refractivity contribution in [1.82, 2.24) is 0 Å². The summed E-state index contributed by atoms with van der Waals surface area (Å²) in [7, 11) is 0. The maximum absolute atomic E-state index is 10.5. The number of esters is 2. The van der Waals surface area contributed by atoms with Crippen LogP contribution in [0.3, 0.4) is 0 Å². The lowest BCUT2D eigenvalue weighted by Gasteiger charge is -2.20. The summed E-state index contributed by atoms with van der Waals surface area (Å²) in [5.41, 5.74) is 0. The first-order chi connectivity index (χ1) is 10.1. The van der Waals surface area contributed by atoms with Crippen molar-refractivity contribution in [3.63, 3.8) is 0 Å². The van der Waals surface area contributed by atoms with Crippen LogP contribution in [0.1, 0.15) is 86.5 Å². The second-order valence-electron chi connectivity index (χ2n) is 6.26. The van der Waals surface area contributed by atoms with Gasteiger partial charge in [0, 0.05) is 13.8 Å². The average molecular weight is 331 g/mol. The van der Waals surface area contributed by atoms with Crippen LogP contribution in [-0.4, -0.2) is 25.2 Å². The summed E-state index contributed by atoms with van der Waals surface area (Å²) in [6.07, 6.45) is 11.6. The molecular weight excluding hydrogens is 292 g/mol. The van der Waals surface area contributed by atoms with Gasteiger partial charge in [-0.3, -0.25) is 9.59 Å². The fourth-order valence-corrected chi connectivity index (χ4v) is 3.00. The Hall–Kier alpha value is -1.06. The van der Waals surface area contributed by atoms with Gasteiger partial charge in [-0.2, -0.15) is 0 Å². The summed E-state index contributed by atoms with van der Waals surface area (Å²) in [6, 6.07) is 0. The van der Waals surface area contributed by atoms with Crippen LogP contribution in [-0.2, 0) is 19.1 Å². The molecule has 0 spiro atoms. The molecule has 0 atom stereocenters. The van der Waals surface area contributed by atoms with Gasteiger partial charge >= 0.3 is 11.9 Å². The van der Waals surface area contributed by atoms with Gasteiger partial charge in [-0.05, 0) is 37.5 Å². The van der Waals surface area contributed by atoms with Gasteiger partial charge in [0.2, 0.25) is 0 Å². The van der Waals surface area contributed by atoms with E-state index in [1.807, 2.05) is 0 Å². The average Bonchev–Trinajstić information content (AvgIpc) is 2.98. The molecular formula is C19H38O4. The smallest absolute Gasteiger partial charge is 0.302 e. The van der Waals surface area contributed by atoms with Crippen LogP contribution in [0.15, 0.2) is 0 Å². The molecule has 2 fully saturated rings. The predicted octanol–water partition coefficient (Wildman–Crippen LogP) is 5.14. The molecule has 0 radical (unpaired) electrons. The second kappa shape index (κ2) is 14.5. The van der Waals surface area contributed by atoms with Crippen LogP contribution in [0.4, 0.5) is 0 Å². The highest BCUT2D eigenvalue weighted by atomic mass is 16.5. The minimum atomic E-state index is -0.146. The van der Waals surface area contributed by atoms with E-state index in [2.05, 4.69) is 0 Å². The molecule has 0 aromatic heterocycles. The Morgan fingerprint density at radius 1 is 0.696 bits per heavy atom. The molecule has 0 aliphatic heterocycles. The molecule has 2 rings (SSSR count). The number of rotatable bonds is 4. The molecule has 0 heterocycles. The zero-order valence-electron chi connectivity index (χ0n) is 13.6. The summed E-state index contributed by atoms with van der Waals surface area (Å²) < 4.78 is 9.83. The predicted molar refractivity (Wildman–Crippen MR) is 95.3 cm³/mol. The Morgan fingerprint density at radius 3 is 1.30 bits per heavy atom. The number of ether oxygens (including phenoxy) is 2. The highest BCUT2D eigenvalue weighted by molar-refractivity contribution is 5.66. The van der Waals surface area contributed by atoms with Gasteiger partial charge < -0.3 is 9.47 Å². The van der Waals surface area contributed by atoms with Crippen molar-refractivity contribution in [2.75, 3.05) is 13.2 Å². The molecule has 0 unspecified atom stereocenters. The third-order valence-electron chi connectivity index (χ3n) is 4.24. The van der Waals surface area contributed by atoms with Crippen LogP contribution in [0.5, 0.6) is 0 Å². The minimum Gasteiger partial charge on any atom is -0.466 e. The highest BCUT2D eigenvalue weighted by Gasteiger charge is 2.15. The molecule has 0 bridgehead atoms. The van der Waals surface area contributed by atoms with Gasteiger partial charge in [0.15, 0.2) is 0 Å². The Kier molecular flexibility index (Phi) is 15.3. The lowest BCUT2D eigenvalue weighted by molar-refractivity contribution is -0.143. The summed E-state index contributed by atoms with van der Waals surface area (Å²) in [6.45, 7) is 4.24. The summed E-state index contributed by atoms with van der Waals surface area (Å²) in [5, 5.41) is 0. The molecule has 23 heavy (non-hydrogen) atoms. The van der Waals surface area contributed by atoms with Crippen LogP contribution >= 0.6 is 0 Å². The third kappa shape index (κ3) is 13.1. The fraction of sp³-hybridized carbons (Fsp3) is 0.895. The van der Waals surface area contributed by atoms with Crippen LogP contribution < -0.4 is 0 Å². The van der Waals surface area contributed by atoms with Crippen molar-refractivity contribution < 1.29 is 19.1 Å². The van der Waals surface area contributed by atoms with Crippen molar-refractivity contribution in [2.45, 2.75) is 86.5 Å². The molecule has 0 aromatic rings. The Morgan fingerprint density at radius 2 is 1.00 bits per heavy atom. The van der Waals surface area contributed by atoms with E-state index >= 15 is 0 Å². The van der Waals surface area contributed by atoms with Gasteiger partial charge in [0.05, 0.1) is 13.2 Å². The first kappa shape index (κ1) is 24.2. The largest absolute Gasteiger partial charge is 0.466 e. The summed E-state index contributed by atoms with van der Waals surface area (Å²) >= 11 is 0. The Balaban J connectivity index is 0. The molecule has 0 saturated heterocycles. The minimum absolute atomic E-state index is 0. The van der Waals surface area contributed by atoms with E-state index in [0.29, 0.717) is 25.0 Å². The van der Waals surface area contributed by atoms with E-state index in [1.165, 1.54) is 71.6 Å². The van der Waals surface area contributed by atoms with Gasteiger partial charge in [-0.1, -0.05) is 47.0 Å². The van der Waals surface area contributed by atoms with Gasteiger partial charge in [-0.25, -0.2) is 0 Å². The van der Waals surface area contributed by atoms with E-state index in [-0.39, 0.29) is 26.8 Å². The molecule has 138 valence electrons. The van der Waals surface area contributed by atoms with Crippen LogP contribution in [0.25, 0.3) is 0 Å². The Bertz CT molecular complexity index is 302. The molecule has 2 saturated carbocycles. The number of hydrogen-bond acceptors (Lipinski definition) is 4. The van der Waals surface area contributed by atoms with Gasteiger partial charge in [0.1, 0.15) is 0 Å². The molecule has 0 aromatic carbocycles. The molecule has 4 nitrogen and oxygen atoms in total. The quantitative estimate of drug-likeness (QED) is 0.670. The van der Waals surface area contributed by atoms with Gasteiger partial charge in [-0.15, -0.1) is 0 Å². The summed E-state index contributed by atoms with van der Waals surface area (Å²) in [4.78, 5) is 20.8. The first-order valence-electron chi connectivity index (χ1n) is 8.34. The number of carbonyl (C=O) groups excluding carboxylic acids is 2. The van der Waals surface area contributed by atoms with Crippen LogP contribution in [0, 0.1) is 11.8 Å². The standard InChI is InChI=1S/C9H16O2.C8H14O2.2CH4/c1-8(10)11-7-9-5-3-2-4-6-9;1-7(9)10-6-8-4-2-3-5-8;;/h9H,2-7H2,1H3;8H,2-6H2,1H3;2*1H4. The third-order valence-corrected chi connectivity index (χ3v) is 4.24. The van der Waals surface area contributed by atoms with Crippen molar-refractivity contribution in [3.05, 3.63) is 0 Å². The maximum atomic E-state index is 10.5. The number of hydrogen-bond donors (Lipinski definition) is 0. The van der Waals surface area contributed by atoms with Crippen molar-refractivity contribution in [3.8, 4) is 0 Å². The lowest BCUT2D eigenvalue weighted by Crippen LogP contribution is -2.15. The van der Waals surface area contributed by atoms with Crippen molar-refractivity contribution >= 4 is 11.9 Å². The zero-order chi connectivity index (χ0) is 15.5. The van der Waals surface area contributed by atoms with Crippen molar-refractivity contribution in [1.29, 1.82) is 0 Å². The van der Waals surface area contributed by atoms with E-state index in [1.54, 1.807) is 0 Å². The molecule has 0 amide bonds. The first-order valence-corrected chi connectivity index (χ1v) is 8.34. The van der Waals surface area contributed by atoms with Crippen LogP contribution in [0.2, 0.25) is 0 Å². The Labute approximate surface area is 143 Å². The van der Waals surface area contributed by atoms with E-state index < -0.39 is 0 Å². The van der Waals surface area contributed by atoms with Gasteiger partial charge in [0.25, 0.3) is 0 Å². The molecule has 4 heteroatoms. The summed E-state index contributed by atoms with van der Waals surface area (Å²) in [5.74, 6) is 1.01. The normalized spacial score (nSPS) is 17.8. The lowest BCUT2D eigenvalue weighted by atomic mass is 9.90. The second-order valence-corrected chi connectivity index (χ2v) is 6.26. The van der Waals surface area contributed by atoms with Crippen molar-refractivity contribution in [2.24, 2.45) is 11.8 Å². The molecule has 0 N–H and O–H groups in total. The van der Waals surface area contributed by atoms with E-state index in [4.69, 9.17) is 9.47 Å². The highest BCUT2D eigenvalue weighted by Crippen LogP contribution is 2.24. The van der Waals surface area contributed by atoms with E-state index in [0.717, 1.165) is 0 Å². The van der Waals surface area contributed by atoms with E-state index in [9.17, 15) is 9.59 Å². The zero-order valence-corrected chi connectivity index (χ0v) is 13.6. The SMILES string of the molecule is C.C.CC(=O)OCC1CCCC1.CC(=O)OCC1CCCCC1. The maximum Gasteiger partial charge on any atom is 0.302 e.